The molecule has 0 saturated carbocycles. The minimum Gasteiger partial charge on any atom is -0.451 e. The van der Waals surface area contributed by atoms with Gasteiger partial charge in [-0.2, -0.15) is 11.0 Å². The highest BCUT2D eigenvalue weighted by atomic mass is 16.8. The Morgan fingerprint density at radius 1 is 1.00 bits per heavy atom. The number of hydrogen-bond acceptors (Lipinski definition) is 6. The summed E-state index contributed by atoms with van der Waals surface area (Å²) in [6, 6.07) is 0. The smallest absolute Gasteiger partial charge is 0.431 e. The molecule has 0 aromatic heterocycles. The first-order chi connectivity index (χ1) is 6.20. The van der Waals surface area contributed by atoms with E-state index in [1.165, 1.54) is 14.2 Å². The van der Waals surface area contributed by atoms with E-state index in [-0.39, 0.29) is 6.79 Å². The average molecular weight is 194 g/mol. The summed E-state index contributed by atoms with van der Waals surface area (Å²) >= 11 is 0. The third kappa shape index (κ3) is 6.84. The van der Waals surface area contributed by atoms with Crippen LogP contribution in [0.3, 0.4) is 0 Å². The van der Waals surface area contributed by atoms with Crippen molar-refractivity contribution in [3.05, 3.63) is 0 Å². The van der Waals surface area contributed by atoms with E-state index >= 15 is 0 Å². The lowest BCUT2D eigenvalue weighted by molar-refractivity contribution is -0.121. The lowest BCUT2D eigenvalue weighted by Crippen LogP contribution is -2.29. The predicted octanol–water partition coefficient (Wildman–Crippen LogP) is -0.481. The van der Waals surface area contributed by atoms with Gasteiger partial charge >= 0.3 is 12.2 Å². The molecule has 0 fully saturated rings. The van der Waals surface area contributed by atoms with Crippen molar-refractivity contribution in [1.29, 1.82) is 0 Å². The van der Waals surface area contributed by atoms with Crippen LogP contribution in [0.1, 0.15) is 0 Å². The van der Waals surface area contributed by atoms with Crippen LogP contribution >= 0.6 is 0 Å². The van der Waals surface area contributed by atoms with Crippen LogP contribution in [-0.2, 0) is 19.1 Å². The number of carbonyl (C=O) groups is 2. The molecular weight excluding hydrogens is 184 g/mol. The minimum absolute atomic E-state index is 0.371. The number of ether oxygens (including phenoxy) is 2. The Morgan fingerprint density at radius 2 is 1.38 bits per heavy atom. The second-order valence-electron chi connectivity index (χ2n) is 1.59. The van der Waals surface area contributed by atoms with Gasteiger partial charge in [0.15, 0.2) is 6.79 Å². The molecule has 2 N–H and O–H groups in total. The molecule has 8 heteroatoms. The molecule has 76 valence electrons. The van der Waals surface area contributed by atoms with Gasteiger partial charge in [-0.05, 0) is 0 Å². The molecule has 0 rings (SSSR count). The SMILES string of the molecule is COC(=O)NOCONC(=O)OC. The fourth-order valence-electron chi connectivity index (χ4n) is 0.290. The first-order valence-corrected chi connectivity index (χ1v) is 3.12. The highest BCUT2D eigenvalue weighted by Gasteiger charge is 1.99. The largest absolute Gasteiger partial charge is 0.451 e. The van der Waals surface area contributed by atoms with Gasteiger partial charge in [0.2, 0.25) is 0 Å². The zero-order valence-electron chi connectivity index (χ0n) is 7.16. The van der Waals surface area contributed by atoms with Gasteiger partial charge in [0.1, 0.15) is 0 Å². The van der Waals surface area contributed by atoms with E-state index in [4.69, 9.17) is 0 Å². The van der Waals surface area contributed by atoms with E-state index in [2.05, 4.69) is 19.1 Å². The van der Waals surface area contributed by atoms with Crippen LogP contribution in [0.4, 0.5) is 9.59 Å². The Kier molecular flexibility index (Phi) is 6.28. The van der Waals surface area contributed by atoms with Gasteiger partial charge < -0.3 is 9.47 Å². The van der Waals surface area contributed by atoms with Gasteiger partial charge in [-0.25, -0.2) is 19.3 Å². The third-order valence-electron chi connectivity index (χ3n) is 0.800. The van der Waals surface area contributed by atoms with E-state index < -0.39 is 12.2 Å². The first kappa shape index (κ1) is 11.5. The average Bonchev–Trinajstić information content (AvgIpc) is 2.16. The second kappa shape index (κ2) is 7.13. The quantitative estimate of drug-likeness (QED) is 0.356. The van der Waals surface area contributed by atoms with Crippen molar-refractivity contribution in [2.24, 2.45) is 0 Å². The molecule has 0 heterocycles. The zero-order valence-corrected chi connectivity index (χ0v) is 7.16. The van der Waals surface area contributed by atoms with Crippen LogP contribution in [0, 0.1) is 0 Å². The zero-order chi connectivity index (χ0) is 10.1. The summed E-state index contributed by atoms with van der Waals surface area (Å²) in [5, 5.41) is 0. The van der Waals surface area contributed by atoms with Crippen molar-refractivity contribution in [1.82, 2.24) is 11.0 Å². The maximum absolute atomic E-state index is 10.3. The predicted molar refractivity (Wildman–Crippen MR) is 38.1 cm³/mol. The molecule has 0 atom stereocenters. The summed E-state index contributed by atoms with van der Waals surface area (Å²) in [7, 11) is 2.35. The van der Waals surface area contributed by atoms with Gasteiger partial charge in [0.05, 0.1) is 14.2 Å². The standard InChI is InChI=1S/C5H10N2O6/c1-10-4(8)6-12-3-13-7-5(9)11-2/h3H2,1-2H3,(H,6,8)(H,7,9). The Labute approximate surface area is 74.0 Å². The van der Waals surface area contributed by atoms with Crippen LogP contribution in [0.15, 0.2) is 0 Å². The number of amides is 2. The summed E-state index contributed by atoms with van der Waals surface area (Å²) in [4.78, 5) is 29.4. The Morgan fingerprint density at radius 3 is 1.69 bits per heavy atom. The number of methoxy groups -OCH3 is 2. The van der Waals surface area contributed by atoms with Crippen LogP contribution in [0.5, 0.6) is 0 Å². The molecule has 0 radical (unpaired) electrons. The molecule has 0 aliphatic rings. The topological polar surface area (TPSA) is 95.1 Å². The molecule has 0 aliphatic carbocycles. The molecule has 0 saturated heterocycles. The summed E-state index contributed by atoms with van der Waals surface area (Å²) in [6.45, 7) is -0.371. The van der Waals surface area contributed by atoms with Gasteiger partial charge in [-0.1, -0.05) is 0 Å². The molecule has 8 nitrogen and oxygen atoms in total. The maximum Gasteiger partial charge on any atom is 0.431 e. The molecule has 13 heavy (non-hydrogen) atoms. The van der Waals surface area contributed by atoms with Gasteiger partial charge in [-0.3, -0.25) is 0 Å². The molecule has 0 aliphatic heterocycles. The molecule has 0 aromatic carbocycles. The van der Waals surface area contributed by atoms with Gasteiger partial charge in [0.25, 0.3) is 0 Å². The third-order valence-corrected chi connectivity index (χ3v) is 0.800. The number of rotatable bonds is 4. The van der Waals surface area contributed by atoms with Crippen LogP contribution in [0.2, 0.25) is 0 Å². The lowest BCUT2D eigenvalue weighted by atomic mass is 11.2. The molecule has 0 spiro atoms. The monoisotopic (exact) mass is 194 g/mol. The Balaban J connectivity index is 3.17. The molecular formula is C5H10N2O6. The van der Waals surface area contributed by atoms with Crippen molar-refractivity contribution < 1.29 is 28.7 Å². The molecule has 2 amide bonds. The maximum atomic E-state index is 10.3. The van der Waals surface area contributed by atoms with Gasteiger partial charge in [0, 0.05) is 0 Å². The highest BCUT2D eigenvalue weighted by Crippen LogP contribution is 1.75. The molecule has 0 bridgehead atoms. The van der Waals surface area contributed by atoms with Crippen molar-refractivity contribution in [2.75, 3.05) is 21.0 Å². The summed E-state index contributed by atoms with van der Waals surface area (Å²) in [5.41, 5.74) is 3.69. The first-order valence-electron chi connectivity index (χ1n) is 3.12. The Bertz CT molecular complexity index is 154. The van der Waals surface area contributed by atoms with Crippen LogP contribution < -0.4 is 11.0 Å². The number of nitrogens with one attached hydrogen (secondary N) is 2. The fraction of sp³-hybridized carbons (Fsp3) is 0.600. The van der Waals surface area contributed by atoms with Crippen molar-refractivity contribution in [3.63, 3.8) is 0 Å². The van der Waals surface area contributed by atoms with Crippen molar-refractivity contribution in [3.8, 4) is 0 Å². The molecule has 0 unspecified atom stereocenters. The van der Waals surface area contributed by atoms with Crippen molar-refractivity contribution >= 4 is 12.2 Å². The summed E-state index contributed by atoms with van der Waals surface area (Å²) < 4.78 is 8.31. The summed E-state index contributed by atoms with van der Waals surface area (Å²) in [5.74, 6) is 0. The minimum atomic E-state index is -0.776. The van der Waals surface area contributed by atoms with E-state index in [0.717, 1.165) is 0 Å². The normalized spacial score (nSPS) is 8.77. The van der Waals surface area contributed by atoms with Crippen LogP contribution in [0.25, 0.3) is 0 Å². The second-order valence-corrected chi connectivity index (χ2v) is 1.59. The summed E-state index contributed by atoms with van der Waals surface area (Å²) in [6.07, 6.45) is -1.55. The molecule has 0 aromatic rings. The van der Waals surface area contributed by atoms with E-state index in [1.54, 1.807) is 0 Å². The van der Waals surface area contributed by atoms with Crippen LogP contribution in [-0.4, -0.2) is 33.2 Å². The number of carbonyl (C=O) groups excluding carboxylic acids is 2. The van der Waals surface area contributed by atoms with E-state index in [1.807, 2.05) is 11.0 Å². The number of hydroxylamine groups is 2. The van der Waals surface area contributed by atoms with E-state index in [9.17, 15) is 9.59 Å². The van der Waals surface area contributed by atoms with Crippen molar-refractivity contribution in [2.45, 2.75) is 0 Å². The Hall–Kier alpha value is -1.54. The lowest BCUT2D eigenvalue weighted by Gasteiger charge is -2.05. The van der Waals surface area contributed by atoms with Gasteiger partial charge in [-0.15, -0.1) is 0 Å². The fourth-order valence-corrected chi connectivity index (χ4v) is 0.290. The number of hydrogen-bond donors (Lipinski definition) is 2. The highest BCUT2D eigenvalue weighted by molar-refractivity contribution is 5.65. The van der Waals surface area contributed by atoms with E-state index in [0.29, 0.717) is 0 Å².